The molecule has 0 amide bonds. The van der Waals surface area contributed by atoms with Crippen molar-refractivity contribution in [2.24, 2.45) is 0 Å². The van der Waals surface area contributed by atoms with Crippen molar-refractivity contribution in [3.63, 3.8) is 0 Å². The van der Waals surface area contributed by atoms with Crippen LogP contribution in [0.4, 0.5) is 0 Å². The number of halogens is 1. The van der Waals surface area contributed by atoms with Crippen LogP contribution in [-0.4, -0.2) is 56.6 Å². The van der Waals surface area contributed by atoms with Crippen molar-refractivity contribution in [2.45, 2.75) is 18.6 Å². The molecule has 4 nitrogen and oxygen atoms in total. The molecule has 20 heavy (non-hydrogen) atoms. The monoisotopic (exact) mass is 297 g/mol. The molecule has 1 aromatic carbocycles. The first kappa shape index (κ1) is 14.1. The van der Waals surface area contributed by atoms with E-state index in [1.165, 1.54) is 0 Å². The number of ether oxygens (including phenoxy) is 3. The molecule has 2 heterocycles. The standard InChI is InChI=1S/C15H20ClNO3/c16-12-2-1-3-13(8-12)20-15-9-17(10-15)5-4-14-11-18-6-7-19-14/h1-3,8,14-15H,4-7,9-11H2. The fourth-order valence-electron chi connectivity index (χ4n) is 2.54. The highest BCUT2D eigenvalue weighted by Crippen LogP contribution is 2.22. The molecule has 5 heteroatoms. The maximum absolute atomic E-state index is 5.94. The molecular formula is C15H20ClNO3. The van der Waals surface area contributed by atoms with Gasteiger partial charge in [0.25, 0.3) is 0 Å². The summed E-state index contributed by atoms with van der Waals surface area (Å²) in [5.41, 5.74) is 0. The van der Waals surface area contributed by atoms with Crippen LogP contribution in [0.3, 0.4) is 0 Å². The lowest BCUT2D eigenvalue weighted by atomic mass is 10.1. The van der Waals surface area contributed by atoms with E-state index in [9.17, 15) is 0 Å². The molecule has 3 rings (SSSR count). The van der Waals surface area contributed by atoms with E-state index in [4.69, 9.17) is 25.8 Å². The van der Waals surface area contributed by atoms with E-state index in [0.717, 1.165) is 51.6 Å². The lowest BCUT2D eigenvalue weighted by molar-refractivity contribution is -0.0964. The van der Waals surface area contributed by atoms with Crippen molar-refractivity contribution < 1.29 is 14.2 Å². The van der Waals surface area contributed by atoms with Crippen LogP contribution in [-0.2, 0) is 9.47 Å². The average Bonchev–Trinajstić information content (AvgIpc) is 2.42. The van der Waals surface area contributed by atoms with E-state index in [1.54, 1.807) is 0 Å². The van der Waals surface area contributed by atoms with Crippen molar-refractivity contribution in [3.8, 4) is 5.75 Å². The molecule has 0 aliphatic carbocycles. The van der Waals surface area contributed by atoms with Gasteiger partial charge in [-0.1, -0.05) is 17.7 Å². The van der Waals surface area contributed by atoms with E-state index in [2.05, 4.69) is 4.90 Å². The SMILES string of the molecule is Clc1cccc(OC2CN(CCC3COCCO3)C2)c1. The normalized spacial score (nSPS) is 24.4. The summed E-state index contributed by atoms with van der Waals surface area (Å²) < 4.78 is 16.9. The minimum absolute atomic E-state index is 0.261. The summed E-state index contributed by atoms with van der Waals surface area (Å²) in [6.45, 7) is 5.18. The topological polar surface area (TPSA) is 30.9 Å². The molecule has 0 bridgehead atoms. The molecule has 2 saturated heterocycles. The van der Waals surface area contributed by atoms with Crippen molar-refractivity contribution in [2.75, 3.05) is 39.5 Å². The van der Waals surface area contributed by atoms with Gasteiger partial charge >= 0.3 is 0 Å². The molecule has 2 aliphatic heterocycles. The summed E-state index contributed by atoms with van der Waals surface area (Å²) in [7, 11) is 0. The minimum Gasteiger partial charge on any atom is -0.488 e. The van der Waals surface area contributed by atoms with Gasteiger partial charge in [-0.3, -0.25) is 4.90 Å². The van der Waals surface area contributed by atoms with Crippen LogP contribution in [0.2, 0.25) is 5.02 Å². The highest BCUT2D eigenvalue weighted by Gasteiger charge is 2.29. The molecule has 2 fully saturated rings. The van der Waals surface area contributed by atoms with Crippen molar-refractivity contribution >= 4 is 11.6 Å². The fourth-order valence-corrected chi connectivity index (χ4v) is 2.72. The summed E-state index contributed by atoms with van der Waals surface area (Å²) in [5.74, 6) is 0.853. The van der Waals surface area contributed by atoms with E-state index in [0.29, 0.717) is 5.02 Å². The zero-order valence-electron chi connectivity index (χ0n) is 11.5. The number of rotatable bonds is 5. The maximum atomic E-state index is 5.94. The van der Waals surface area contributed by atoms with Gasteiger partial charge in [-0.25, -0.2) is 0 Å². The Bertz CT molecular complexity index is 431. The van der Waals surface area contributed by atoms with Gasteiger partial charge in [-0.15, -0.1) is 0 Å². The molecule has 2 aliphatic rings. The van der Waals surface area contributed by atoms with E-state index >= 15 is 0 Å². The lowest BCUT2D eigenvalue weighted by Crippen LogP contribution is -2.54. The first-order valence-corrected chi connectivity index (χ1v) is 7.51. The van der Waals surface area contributed by atoms with Gasteiger partial charge in [-0.05, 0) is 24.6 Å². The second kappa shape index (κ2) is 6.76. The third-order valence-corrected chi connectivity index (χ3v) is 3.91. The van der Waals surface area contributed by atoms with Crippen LogP contribution >= 0.6 is 11.6 Å². The van der Waals surface area contributed by atoms with Crippen molar-refractivity contribution in [1.29, 1.82) is 0 Å². The first-order valence-electron chi connectivity index (χ1n) is 7.13. The second-order valence-electron chi connectivity index (χ2n) is 5.31. The van der Waals surface area contributed by atoms with Gasteiger partial charge in [0.1, 0.15) is 11.9 Å². The Kier molecular flexibility index (Phi) is 4.78. The van der Waals surface area contributed by atoms with Gasteiger partial charge in [0.15, 0.2) is 0 Å². The number of nitrogens with zero attached hydrogens (tertiary/aromatic N) is 1. The van der Waals surface area contributed by atoms with Gasteiger partial charge in [0.05, 0.1) is 25.9 Å². The largest absolute Gasteiger partial charge is 0.488 e. The predicted molar refractivity (Wildman–Crippen MR) is 77.5 cm³/mol. The van der Waals surface area contributed by atoms with E-state index in [1.807, 2.05) is 24.3 Å². The minimum atomic E-state index is 0.261. The van der Waals surface area contributed by atoms with Crippen LogP contribution < -0.4 is 4.74 Å². The highest BCUT2D eigenvalue weighted by atomic mass is 35.5. The Balaban J connectivity index is 1.34. The molecule has 110 valence electrons. The highest BCUT2D eigenvalue weighted by molar-refractivity contribution is 6.30. The summed E-state index contributed by atoms with van der Waals surface area (Å²) in [6.07, 6.45) is 1.57. The van der Waals surface area contributed by atoms with Crippen LogP contribution in [0, 0.1) is 0 Å². The Morgan fingerprint density at radius 1 is 1.30 bits per heavy atom. The molecule has 1 aromatic rings. The number of benzene rings is 1. The maximum Gasteiger partial charge on any atom is 0.124 e. The van der Waals surface area contributed by atoms with Gasteiger partial charge < -0.3 is 14.2 Å². The average molecular weight is 298 g/mol. The first-order chi connectivity index (χ1) is 9.79. The van der Waals surface area contributed by atoms with Crippen LogP contribution in [0.1, 0.15) is 6.42 Å². The predicted octanol–water partition coefficient (Wildman–Crippen LogP) is 2.21. The third kappa shape index (κ3) is 3.85. The quantitative estimate of drug-likeness (QED) is 0.834. The van der Waals surface area contributed by atoms with E-state index < -0.39 is 0 Å². The van der Waals surface area contributed by atoms with Crippen molar-refractivity contribution in [1.82, 2.24) is 4.90 Å². The summed E-state index contributed by atoms with van der Waals surface area (Å²) in [6, 6.07) is 7.57. The Hall–Kier alpha value is -0.810. The van der Waals surface area contributed by atoms with Crippen molar-refractivity contribution in [3.05, 3.63) is 29.3 Å². The summed E-state index contributed by atoms with van der Waals surface area (Å²) in [5, 5.41) is 0.716. The molecular weight excluding hydrogens is 278 g/mol. The molecule has 1 unspecified atom stereocenters. The summed E-state index contributed by atoms with van der Waals surface area (Å²) in [4.78, 5) is 2.38. The molecule has 0 saturated carbocycles. The van der Waals surface area contributed by atoms with Gasteiger partial charge in [0, 0.05) is 24.7 Å². The van der Waals surface area contributed by atoms with Crippen LogP contribution in [0.5, 0.6) is 5.75 Å². The third-order valence-electron chi connectivity index (χ3n) is 3.67. The van der Waals surface area contributed by atoms with Crippen LogP contribution in [0.25, 0.3) is 0 Å². The van der Waals surface area contributed by atoms with Crippen LogP contribution in [0.15, 0.2) is 24.3 Å². The molecule has 1 atom stereocenters. The Morgan fingerprint density at radius 3 is 2.95 bits per heavy atom. The van der Waals surface area contributed by atoms with E-state index in [-0.39, 0.29) is 12.2 Å². The number of hydrogen-bond acceptors (Lipinski definition) is 4. The molecule has 0 aromatic heterocycles. The zero-order valence-corrected chi connectivity index (χ0v) is 12.2. The fraction of sp³-hybridized carbons (Fsp3) is 0.600. The Labute approximate surface area is 124 Å². The second-order valence-corrected chi connectivity index (χ2v) is 5.75. The molecule has 0 radical (unpaired) electrons. The lowest BCUT2D eigenvalue weighted by Gasteiger charge is -2.39. The van der Waals surface area contributed by atoms with Gasteiger partial charge in [-0.2, -0.15) is 0 Å². The Morgan fingerprint density at radius 2 is 2.20 bits per heavy atom. The number of hydrogen-bond donors (Lipinski definition) is 0. The summed E-state index contributed by atoms with van der Waals surface area (Å²) >= 11 is 5.94. The zero-order chi connectivity index (χ0) is 13.8. The van der Waals surface area contributed by atoms with Gasteiger partial charge in [0.2, 0.25) is 0 Å². The smallest absolute Gasteiger partial charge is 0.124 e. The molecule has 0 spiro atoms. The number of likely N-dealkylation sites (tertiary alicyclic amines) is 1. The molecule has 0 N–H and O–H groups in total.